The molecule has 0 aromatic heterocycles. The molecular formula is C16H31NO2. The molecule has 0 unspecified atom stereocenters. The van der Waals surface area contributed by atoms with Crippen LogP contribution in [0.4, 0.5) is 0 Å². The van der Waals surface area contributed by atoms with Crippen LogP contribution >= 0.6 is 0 Å². The summed E-state index contributed by atoms with van der Waals surface area (Å²) < 4.78 is 5.65. The summed E-state index contributed by atoms with van der Waals surface area (Å²) in [6.07, 6.45) is 10.1. The zero-order valence-electron chi connectivity index (χ0n) is 12.7. The van der Waals surface area contributed by atoms with Crippen LogP contribution in [-0.4, -0.2) is 18.6 Å². The van der Waals surface area contributed by atoms with E-state index in [0.717, 1.165) is 19.3 Å². The van der Waals surface area contributed by atoms with Gasteiger partial charge in [-0.1, -0.05) is 33.1 Å². The van der Waals surface area contributed by atoms with Crippen LogP contribution < -0.4 is 5.73 Å². The molecule has 1 atom stereocenters. The molecular weight excluding hydrogens is 238 g/mol. The Balaban J connectivity index is 2.31. The van der Waals surface area contributed by atoms with Crippen LogP contribution in [0.1, 0.15) is 71.6 Å². The first-order chi connectivity index (χ1) is 9.11. The Morgan fingerprint density at radius 3 is 2.26 bits per heavy atom. The topological polar surface area (TPSA) is 52.3 Å². The molecule has 3 heteroatoms. The van der Waals surface area contributed by atoms with Crippen molar-refractivity contribution in [1.82, 2.24) is 0 Å². The smallest absolute Gasteiger partial charge is 0.306 e. The zero-order chi connectivity index (χ0) is 14.1. The van der Waals surface area contributed by atoms with E-state index in [4.69, 9.17) is 10.5 Å². The highest BCUT2D eigenvalue weighted by Gasteiger charge is 2.19. The van der Waals surface area contributed by atoms with E-state index in [2.05, 4.69) is 13.8 Å². The molecule has 0 radical (unpaired) electrons. The second-order valence-electron chi connectivity index (χ2n) is 6.39. The molecule has 1 rings (SSSR count). The summed E-state index contributed by atoms with van der Waals surface area (Å²) in [5.41, 5.74) is 5.74. The van der Waals surface area contributed by atoms with Gasteiger partial charge in [0, 0.05) is 6.42 Å². The van der Waals surface area contributed by atoms with E-state index in [-0.39, 0.29) is 18.0 Å². The molecule has 0 bridgehead atoms. The van der Waals surface area contributed by atoms with Crippen molar-refractivity contribution in [2.24, 2.45) is 17.6 Å². The lowest BCUT2D eigenvalue weighted by Gasteiger charge is -2.22. The lowest BCUT2D eigenvalue weighted by molar-refractivity contribution is -0.151. The summed E-state index contributed by atoms with van der Waals surface area (Å²) in [4.78, 5) is 12.0. The molecule has 0 spiro atoms. The van der Waals surface area contributed by atoms with E-state index in [1.807, 2.05) is 0 Å². The molecule has 112 valence electrons. The summed E-state index contributed by atoms with van der Waals surface area (Å²) in [5.74, 6) is 0.825. The maximum Gasteiger partial charge on any atom is 0.306 e. The maximum absolute atomic E-state index is 12.0. The summed E-state index contributed by atoms with van der Waals surface area (Å²) in [7, 11) is 0. The minimum atomic E-state index is -0.0401. The maximum atomic E-state index is 12.0. The predicted molar refractivity (Wildman–Crippen MR) is 78.8 cm³/mol. The van der Waals surface area contributed by atoms with Crippen LogP contribution in [-0.2, 0) is 9.53 Å². The van der Waals surface area contributed by atoms with Gasteiger partial charge >= 0.3 is 5.97 Å². The Morgan fingerprint density at radius 1 is 1.16 bits per heavy atom. The second kappa shape index (κ2) is 9.35. The molecule has 1 fully saturated rings. The van der Waals surface area contributed by atoms with Gasteiger partial charge in [-0.3, -0.25) is 4.79 Å². The molecule has 1 aliphatic rings. The number of nitrogens with two attached hydrogens (primary N) is 1. The minimum Gasteiger partial charge on any atom is -0.462 e. The van der Waals surface area contributed by atoms with E-state index in [0.29, 0.717) is 18.9 Å². The van der Waals surface area contributed by atoms with Gasteiger partial charge in [0.2, 0.25) is 0 Å². The third-order valence-corrected chi connectivity index (χ3v) is 3.94. The quantitative estimate of drug-likeness (QED) is 0.749. The first-order valence-electron chi connectivity index (χ1n) is 8.01. The normalized spacial score (nSPS) is 19.8. The van der Waals surface area contributed by atoms with Crippen LogP contribution in [0.15, 0.2) is 0 Å². The van der Waals surface area contributed by atoms with Crippen molar-refractivity contribution in [3.63, 3.8) is 0 Å². The highest BCUT2D eigenvalue weighted by Crippen LogP contribution is 2.21. The number of esters is 1. The van der Waals surface area contributed by atoms with Crippen molar-refractivity contribution in [3.05, 3.63) is 0 Å². The first kappa shape index (κ1) is 16.5. The van der Waals surface area contributed by atoms with E-state index in [9.17, 15) is 4.79 Å². The van der Waals surface area contributed by atoms with Crippen LogP contribution in [0.3, 0.4) is 0 Å². The van der Waals surface area contributed by atoms with Crippen LogP contribution in [0, 0.1) is 11.8 Å². The minimum absolute atomic E-state index is 0.0401. The fourth-order valence-electron chi connectivity index (χ4n) is 2.94. The molecule has 19 heavy (non-hydrogen) atoms. The lowest BCUT2D eigenvalue weighted by Crippen LogP contribution is -2.25. The third-order valence-electron chi connectivity index (χ3n) is 3.94. The Labute approximate surface area is 118 Å². The monoisotopic (exact) mass is 269 g/mol. The molecule has 0 heterocycles. The number of carbonyl (C=O) groups is 1. The number of hydrogen-bond donors (Lipinski definition) is 1. The summed E-state index contributed by atoms with van der Waals surface area (Å²) in [6.45, 7) is 4.92. The van der Waals surface area contributed by atoms with Crippen LogP contribution in [0.5, 0.6) is 0 Å². The number of rotatable bonds is 6. The standard InChI is InChI=1S/C16H31NO2/c1-13(2)10-14(12-17)11-16(18)19-15-8-6-4-3-5-7-9-15/h13-15H,3-12,17H2,1-2H3/t14-/m0/s1. The molecule has 0 aromatic carbocycles. The van der Waals surface area contributed by atoms with Crippen molar-refractivity contribution in [2.75, 3.05) is 6.54 Å². The Bertz CT molecular complexity index is 245. The first-order valence-corrected chi connectivity index (χ1v) is 8.01. The Hall–Kier alpha value is -0.570. The van der Waals surface area contributed by atoms with Gasteiger partial charge in [0.15, 0.2) is 0 Å². The highest BCUT2D eigenvalue weighted by molar-refractivity contribution is 5.69. The average Bonchev–Trinajstić information content (AvgIpc) is 2.31. The van der Waals surface area contributed by atoms with E-state index in [1.54, 1.807) is 0 Å². The largest absolute Gasteiger partial charge is 0.462 e. The fourth-order valence-corrected chi connectivity index (χ4v) is 2.94. The van der Waals surface area contributed by atoms with Crippen LogP contribution in [0.2, 0.25) is 0 Å². The number of hydrogen-bond acceptors (Lipinski definition) is 3. The lowest BCUT2D eigenvalue weighted by atomic mass is 9.94. The van der Waals surface area contributed by atoms with Gasteiger partial charge in [0.05, 0.1) is 0 Å². The SMILES string of the molecule is CC(C)C[C@H](CN)CC(=O)OC1CCCCCCC1. The van der Waals surface area contributed by atoms with Crippen LogP contribution in [0.25, 0.3) is 0 Å². The predicted octanol–water partition coefficient (Wildman–Crippen LogP) is 3.65. The van der Waals surface area contributed by atoms with E-state index >= 15 is 0 Å². The van der Waals surface area contributed by atoms with Crippen molar-refractivity contribution >= 4 is 5.97 Å². The highest BCUT2D eigenvalue weighted by atomic mass is 16.5. The van der Waals surface area contributed by atoms with Crippen molar-refractivity contribution in [3.8, 4) is 0 Å². The van der Waals surface area contributed by atoms with Crippen molar-refractivity contribution < 1.29 is 9.53 Å². The number of ether oxygens (including phenoxy) is 1. The average molecular weight is 269 g/mol. The van der Waals surface area contributed by atoms with Gasteiger partial charge in [0.1, 0.15) is 6.10 Å². The molecule has 1 saturated carbocycles. The van der Waals surface area contributed by atoms with Gasteiger partial charge in [-0.25, -0.2) is 0 Å². The molecule has 0 amide bonds. The van der Waals surface area contributed by atoms with Gasteiger partial charge < -0.3 is 10.5 Å². The zero-order valence-corrected chi connectivity index (χ0v) is 12.7. The van der Waals surface area contributed by atoms with E-state index in [1.165, 1.54) is 32.1 Å². The molecule has 0 saturated heterocycles. The van der Waals surface area contributed by atoms with Crippen molar-refractivity contribution in [2.45, 2.75) is 77.7 Å². The Kier molecular flexibility index (Phi) is 8.11. The summed E-state index contributed by atoms with van der Waals surface area (Å²) in [6, 6.07) is 0. The van der Waals surface area contributed by atoms with Gasteiger partial charge in [-0.15, -0.1) is 0 Å². The van der Waals surface area contributed by atoms with Gasteiger partial charge in [-0.05, 0) is 50.5 Å². The molecule has 1 aliphatic carbocycles. The molecule has 0 aliphatic heterocycles. The fraction of sp³-hybridized carbons (Fsp3) is 0.938. The second-order valence-corrected chi connectivity index (χ2v) is 6.39. The summed E-state index contributed by atoms with van der Waals surface area (Å²) in [5, 5.41) is 0. The number of carbonyl (C=O) groups excluding carboxylic acids is 1. The molecule has 3 nitrogen and oxygen atoms in total. The molecule has 0 aromatic rings. The van der Waals surface area contributed by atoms with Gasteiger partial charge in [0.25, 0.3) is 0 Å². The van der Waals surface area contributed by atoms with E-state index < -0.39 is 0 Å². The Morgan fingerprint density at radius 2 is 1.74 bits per heavy atom. The molecule has 2 N–H and O–H groups in total. The third kappa shape index (κ3) is 7.56. The van der Waals surface area contributed by atoms with Crippen molar-refractivity contribution in [1.29, 1.82) is 0 Å². The summed E-state index contributed by atoms with van der Waals surface area (Å²) >= 11 is 0. The van der Waals surface area contributed by atoms with Gasteiger partial charge in [-0.2, -0.15) is 0 Å².